The summed E-state index contributed by atoms with van der Waals surface area (Å²) < 4.78 is 0. The predicted octanol–water partition coefficient (Wildman–Crippen LogP) is 1.90. The Balaban J connectivity index is 2.18. The van der Waals surface area contributed by atoms with E-state index in [9.17, 15) is 9.59 Å². The third kappa shape index (κ3) is 6.37. The average molecular weight is 284 g/mol. The lowest BCUT2D eigenvalue weighted by molar-refractivity contribution is -0.137. The highest BCUT2D eigenvalue weighted by Gasteiger charge is 2.24. The monoisotopic (exact) mass is 284 g/mol. The first-order chi connectivity index (χ1) is 9.52. The number of carbonyl (C=O) groups is 2. The molecule has 0 saturated heterocycles. The molecule has 0 radical (unpaired) electrons. The summed E-state index contributed by atoms with van der Waals surface area (Å²) in [5, 5.41) is 11.7. The first-order valence-corrected chi connectivity index (χ1v) is 7.78. The van der Waals surface area contributed by atoms with Crippen molar-refractivity contribution in [2.45, 2.75) is 64.3 Å². The number of aliphatic carboxylic acids is 1. The Morgan fingerprint density at radius 3 is 2.45 bits per heavy atom. The maximum Gasteiger partial charge on any atom is 0.303 e. The van der Waals surface area contributed by atoms with Gasteiger partial charge >= 0.3 is 5.97 Å². The maximum absolute atomic E-state index is 12.0. The van der Waals surface area contributed by atoms with Crippen LogP contribution in [0.25, 0.3) is 0 Å². The number of nitrogens with two attached hydrogens (primary N) is 1. The van der Waals surface area contributed by atoms with Crippen LogP contribution in [0.5, 0.6) is 0 Å². The molecular formula is C15H28N2O3. The minimum absolute atomic E-state index is 0.119. The van der Waals surface area contributed by atoms with Gasteiger partial charge in [0.25, 0.3) is 0 Å². The van der Waals surface area contributed by atoms with Crippen LogP contribution in [-0.2, 0) is 9.59 Å². The van der Waals surface area contributed by atoms with Crippen LogP contribution in [0.15, 0.2) is 0 Å². The summed E-state index contributed by atoms with van der Waals surface area (Å²) in [6.45, 7) is 2.72. The van der Waals surface area contributed by atoms with Gasteiger partial charge in [-0.15, -0.1) is 0 Å². The van der Waals surface area contributed by atoms with E-state index in [0.29, 0.717) is 18.9 Å². The van der Waals surface area contributed by atoms with Gasteiger partial charge in [-0.1, -0.05) is 13.3 Å². The van der Waals surface area contributed by atoms with E-state index >= 15 is 0 Å². The molecular weight excluding hydrogens is 256 g/mol. The van der Waals surface area contributed by atoms with Crippen LogP contribution >= 0.6 is 0 Å². The molecule has 1 unspecified atom stereocenters. The Kier molecular flexibility index (Phi) is 7.59. The second kappa shape index (κ2) is 8.95. The largest absolute Gasteiger partial charge is 0.481 e. The highest BCUT2D eigenvalue weighted by Crippen LogP contribution is 2.23. The molecule has 1 aliphatic rings. The molecule has 5 nitrogen and oxygen atoms in total. The number of carboxylic acid groups (broad SMARTS) is 1. The van der Waals surface area contributed by atoms with E-state index in [0.717, 1.165) is 38.5 Å². The van der Waals surface area contributed by atoms with Crippen LogP contribution in [0.4, 0.5) is 0 Å². The lowest BCUT2D eigenvalue weighted by atomic mass is 9.86. The van der Waals surface area contributed by atoms with Gasteiger partial charge in [0.05, 0.1) is 0 Å². The van der Waals surface area contributed by atoms with Crippen molar-refractivity contribution in [3.05, 3.63) is 0 Å². The molecule has 4 N–H and O–H groups in total. The van der Waals surface area contributed by atoms with Crippen molar-refractivity contribution in [2.75, 3.05) is 6.54 Å². The summed E-state index contributed by atoms with van der Waals surface area (Å²) in [4.78, 5) is 22.5. The normalized spacial score (nSPS) is 24.1. The van der Waals surface area contributed by atoms with Crippen molar-refractivity contribution in [1.82, 2.24) is 5.32 Å². The molecule has 0 aromatic rings. The average Bonchev–Trinajstić information content (AvgIpc) is 2.42. The van der Waals surface area contributed by atoms with Crippen LogP contribution < -0.4 is 11.1 Å². The fourth-order valence-electron chi connectivity index (χ4n) is 2.81. The smallest absolute Gasteiger partial charge is 0.303 e. The second-order valence-corrected chi connectivity index (χ2v) is 5.90. The molecule has 0 spiro atoms. The molecule has 5 heteroatoms. The molecule has 1 amide bonds. The van der Waals surface area contributed by atoms with Gasteiger partial charge in [0.15, 0.2) is 0 Å². The van der Waals surface area contributed by atoms with E-state index in [1.54, 1.807) is 0 Å². The van der Waals surface area contributed by atoms with Crippen LogP contribution in [0.1, 0.15) is 58.3 Å². The zero-order valence-corrected chi connectivity index (χ0v) is 12.4. The number of carboxylic acids is 1. The molecule has 1 atom stereocenters. The number of amides is 1. The van der Waals surface area contributed by atoms with Crippen molar-refractivity contribution < 1.29 is 14.7 Å². The number of carbonyl (C=O) groups excluding carboxylic acids is 1. The molecule has 1 rings (SSSR count). The summed E-state index contributed by atoms with van der Waals surface area (Å²) in [6, 6.07) is 0.263. The number of hydrogen-bond acceptors (Lipinski definition) is 3. The summed E-state index contributed by atoms with van der Waals surface area (Å²) in [5.41, 5.74) is 5.83. The number of rotatable bonds is 8. The van der Waals surface area contributed by atoms with Gasteiger partial charge in [0.1, 0.15) is 0 Å². The molecule has 0 aromatic heterocycles. The third-order valence-electron chi connectivity index (χ3n) is 4.34. The molecule has 116 valence electrons. The minimum Gasteiger partial charge on any atom is -0.481 e. The Morgan fingerprint density at radius 2 is 1.90 bits per heavy atom. The molecule has 0 aromatic carbocycles. The van der Waals surface area contributed by atoms with Crippen LogP contribution in [0.3, 0.4) is 0 Å². The van der Waals surface area contributed by atoms with Crippen molar-refractivity contribution in [2.24, 2.45) is 17.6 Å². The van der Waals surface area contributed by atoms with Gasteiger partial charge in [0.2, 0.25) is 5.91 Å². The Bertz CT molecular complexity index is 312. The van der Waals surface area contributed by atoms with E-state index in [1.165, 1.54) is 0 Å². The predicted molar refractivity (Wildman–Crippen MR) is 78.2 cm³/mol. The maximum atomic E-state index is 12.0. The molecule has 0 aliphatic heterocycles. The van der Waals surface area contributed by atoms with Crippen LogP contribution in [0, 0.1) is 11.8 Å². The van der Waals surface area contributed by atoms with Crippen molar-refractivity contribution in [3.8, 4) is 0 Å². The standard InChI is InChI=1S/C15H28N2O3/c1-2-11(3-8-14(18)19)9-10-17-15(20)12-4-6-13(16)7-5-12/h11-13H,2-10,16H2,1H3,(H,17,20)(H,18,19). The zero-order chi connectivity index (χ0) is 15.0. The third-order valence-corrected chi connectivity index (χ3v) is 4.34. The van der Waals surface area contributed by atoms with Crippen LogP contribution in [-0.4, -0.2) is 29.6 Å². The number of hydrogen-bond donors (Lipinski definition) is 3. The quantitative estimate of drug-likeness (QED) is 0.634. The van der Waals surface area contributed by atoms with E-state index in [1.807, 2.05) is 0 Å². The summed E-state index contributed by atoms with van der Waals surface area (Å²) in [6.07, 6.45) is 6.39. The summed E-state index contributed by atoms with van der Waals surface area (Å²) >= 11 is 0. The molecule has 0 bridgehead atoms. The molecule has 1 aliphatic carbocycles. The van der Waals surface area contributed by atoms with Gasteiger partial charge in [-0.05, 0) is 44.4 Å². The lowest BCUT2D eigenvalue weighted by Gasteiger charge is -2.25. The molecule has 0 heterocycles. The number of nitrogens with one attached hydrogen (secondary N) is 1. The summed E-state index contributed by atoms with van der Waals surface area (Å²) in [5.74, 6) is -0.101. The van der Waals surface area contributed by atoms with E-state index in [2.05, 4.69) is 12.2 Å². The minimum atomic E-state index is -0.744. The first-order valence-electron chi connectivity index (χ1n) is 7.78. The topological polar surface area (TPSA) is 92.4 Å². The van der Waals surface area contributed by atoms with Crippen molar-refractivity contribution in [1.29, 1.82) is 0 Å². The fourth-order valence-corrected chi connectivity index (χ4v) is 2.81. The van der Waals surface area contributed by atoms with Gasteiger partial charge in [-0.3, -0.25) is 9.59 Å². The van der Waals surface area contributed by atoms with E-state index in [-0.39, 0.29) is 24.3 Å². The Hall–Kier alpha value is -1.10. The molecule has 1 fully saturated rings. The van der Waals surface area contributed by atoms with Gasteiger partial charge in [-0.2, -0.15) is 0 Å². The van der Waals surface area contributed by atoms with E-state index in [4.69, 9.17) is 10.8 Å². The molecule has 20 heavy (non-hydrogen) atoms. The lowest BCUT2D eigenvalue weighted by Crippen LogP contribution is -2.37. The van der Waals surface area contributed by atoms with Gasteiger partial charge in [0, 0.05) is 24.9 Å². The van der Waals surface area contributed by atoms with Crippen molar-refractivity contribution >= 4 is 11.9 Å². The van der Waals surface area contributed by atoms with E-state index < -0.39 is 5.97 Å². The van der Waals surface area contributed by atoms with Gasteiger partial charge in [-0.25, -0.2) is 0 Å². The summed E-state index contributed by atoms with van der Waals surface area (Å²) in [7, 11) is 0. The SMILES string of the molecule is CCC(CCNC(=O)C1CCC(N)CC1)CCC(=O)O. The highest BCUT2D eigenvalue weighted by atomic mass is 16.4. The van der Waals surface area contributed by atoms with Crippen molar-refractivity contribution in [3.63, 3.8) is 0 Å². The van der Waals surface area contributed by atoms with Gasteiger partial charge < -0.3 is 16.2 Å². The fraction of sp³-hybridized carbons (Fsp3) is 0.867. The van der Waals surface area contributed by atoms with Crippen LogP contribution in [0.2, 0.25) is 0 Å². The molecule has 1 saturated carbocycles. The Morgan fingerprint density at radius 1 is 1.25 bits per heavy atom. The highest BCUT2D eigenvalue weighted by molar-refractivity contribution is 5.78. The second-order valence-electron chi connectivity index (χ2n) is 5.90. The zero-order valence-electron chi connectivity index (χ0n) is 12.4. The Labute approximate surface area is 121 Å². The first kappa shape index (κ1) is 17.0.